The molecule has 0 aliphatic carbocycles. The van der Waals surface area contributed by atoms with Crippen LogP contribution in [-0.2, 0) is 5.41 Å². The molecule has 100 valence electrons. The van der Waals surface area contributed by atoms with Crippen molar-refractivity contribution in [3.8, 4) is 11.5 Å². The van der Waals surface area contributed by atoms with E-state index in [1.165, 1.54) is 5.56 Å². The molecule has 0 fully saturated rings. The van der Waals surface area contributed by atoms with Gasteiger partial charge in [-0.05, 0) is 57.8 Å². The first-order valence-corrected chi connectivity index (χ1v) is 7.28. The Morgan fingerprint density at radius 2 is 1.68 bits per heavy atom. The summed E-state index contributed by atoms with van der Waals surface area (Å²) in [5, 5.41) is 0. The molecule has 2 N–H and O–H groups in total. The van der Waals surface area contributed by atoms with Gasteiger partial charge in [0.1, 0.15) is 11.5 Å². The summed E-state index contributed by atoms with van der Waals surface area (Å²) in [5.74, 6) is 1.54. The summed E-state index contributed by atoms with van der Waals surface area (Å²) in [4.78, 5) is 0. The van der Waals surface area contributed by atoms with Crippen molar-refractivity contribution in [1.82, 2.24) is 0 Å². The van der Waals surface area contributed by atoms with Crippen molar-refractivity contribution in [3.05, 3.63) is 51.6 Å². The van der Waals surface area contributed by atoms with Gasteiger partial charge >= 0.3 is 0 Å². The molecule has 3 heteroatoms. The lowest BCUT2D eigenvalue weighted by molar-refractivity contribution is 0.480. The number of hydrogen-bond acceptors (Lipinski definition) is 2. The third-order valence-electron chi connectivity index (χ3n) is 2.94. The number of benzene rings is 2. The summed E-state index contributed by atoms with van der Waals surface area (Å²) in [7, 11) is 0. The highest BCUT2D eigenvalue weighted by Crippen LogP contribution is 2.33. The molecule has 2 aromatic carbocycles. The molecule has 0 aromatic heterocycles. The quantitative estimate of drug-likeness (QED) is 0.601. The summed E-state index contributed by atoms with van der Waals surface area (Å²) in [6.45, 7) is 6.61. The van der Waals surface area contributed by atoms with Gasteiger partial charge in [-0.25, -0.2) is 0 Å². The number of anilines is 1. The third-order valence-corrected chi connectivity index (χ3v) is 3.78. The van der Waals surface area contributed by atoms with Gasteiger partial charge in [-0.1, -0.05) is 39.0 Å². The fourth-order valence-corrected chi connectivity index (χ4v) is 2.37. The van der Waals surface area contributed by atoms with Crippen LogP contribution in [0.4, 0.5) is 5.69 Å². The Morgan fingerprint density at radius 1 is 1.00 bits per heavy atom. The smallest absolute Gasteiger partial charge is 0.150 e. The summed E-state index contributed by atoms with van der Waals surface area (Å²) >= 11 is 2.30. The molecular weight excluding hydrogens is 349 g/mol. The van der Waals surface area contributed by atoms with E-state index in [9.17, 15) is 0 Å². The molecule has 2 rings (SSSR count). The second kappa shape index (κ2) is 5.41. The van der Waals surface area contributed by atoms with Gasteiger partial charge in [0, 0.05) is 0 Å². The molecule has 0 unspecified atom stereocenters. The summed E-state index contributed by atoms with van der Waals surface area (Å²) in [6.07, 6.45) is 0. The zero-order valence-electron chi connectivity index (χ0n) is 11.4. The molecule has 0 atom stereocenters. The molecule has 0 aliphatic rings. The van der Waals surface area contributed by atoms with E-state index in [0.29, 0.717) is 11.4 Å². The summed E-state index contributed by atoms with van der Waals surface area (Å²) in [6, 6.07) is 13.8. The first-order valence-electron chi connectivity index (χ1n) is 6.20. The first kappa shape index (κ1) is 14.2. The predicted molar refractivity (Wildman–Crippen MR) is 88.8 cm³/mol. The average molecular weight is 367 g/mol. The van der Waals surface area contributed by atoms with Crippen LogP contribution in [0.25, 0.3) is 0 Å². The summed E-state index contributed by atoms with van der Waals surface area (Å²) in [5.41, 5.74) is 7.98. The average Bonchev–Trinajstić information content (AvgIpc) is 2.33. The molecule has 2 aromatic rings. The molecule has 0 spiro atoms. The maximum Gasteiger partial charge on any atom is 0.150 e. The minimum atomic E-state index is 0.143. The van der Waals surface area contributed by atoms with E-state index in [2.05, 4.69) is 55.5 Å². The Hall–Kier alpha value is -1.23. The van der Waals surface area contributed by atoms with Gasteiger partial charge in [-0.15, -0.1) is 0 Å². The van der Waals surface area contributed by atoms with Crippen LogP contribution in [0.3, 0.4) is 0 Å². The number of ether oxygens (including phenoxy) is 1. The number of halogens is 1. The van der Waals surface area contributed by atoms with Crippen LogP contribution in [-0.4, -0.2) is 0 Å². The zero-order valence-corrected chi connectivity index (χ0v) is 13.6. The molecule has 0 saturated carbocycles. The van der Waals surface area contributed by atoms with Gasteiger partial charge in [0.2, 0.25) is 0 Å². The lowest BCUT2D eigenvalue weighted by atomic mass is 9.87. The van der Waals surface area contributed by atoms with Crippen molar-refractivity contribution in [1.29, 1.82) is 0 Å². The highest BCUT2D eigenvalue weighted by Gasteiger charge is 2.15. The van der Waals surface area contributed by atoms with Crippen molar-refractivity contribution in [2.24, 2.45) is 0 Å². The van der Waals surface area contributed by atoms with Gasteiger partial charge in [0.25, 0.3) is 0 Å². The van der Waals surface area contributed by atoms with E-state index in [0.717, 1.165) is 9.32 Å². The Balaban J connectivity index is 2.30. The number of para-hydroxylation sites is 2. The van der Waals surface area contributed by atoms with Crippen LogP contribution in [0.2, 0.25) is 0 Å². The van der Waals surface area contributed by atoms with E-state index < -0.39 is 0 Å². The molecule has 0 bridgehead atoms. The van der Waals surface area contributed by atoms with Crippen LogP contribution in [0.15, 0.2) is 42.5 Å². The highest BCUT2D eigenvalue weighted by atomic mass is 127. The first-order chi connectivity index (χ1) is 8.88. The number of rotatable bonds is 2. The minimum Gasteiger partial charge on any atom is -0.454 e. The van der Waals surface area contributed by atoms with Crippen LogP contribution in [0.5, 0.6) is 11.5 Å². The van der Waals surface area contributed by atoms with Crippen molar-refractivity contribution >= 4 is 28.3 Å². The number of nitrogen functional groups attached to an aromatic ring is 1. The fourth-order valence-electron chi connectivity index (χ4n) is 1.74. The van der Waals surface area contributed by atoms with Crippen molar-refractivity contribution in [3.63, 3.8) is 0 Å². The van der Waals surface area contributed by atoms with Crippen molar-refractivity contribution < 1.29 is 4.74 Å². The highest BCUT2D eigenvalue weighted by molar-refractivity contribution is 14.1. The van der Waals surface area contributed by atoms with Crippen LogP contribution < -0.4 is 10.5 Å². The Labute approximate surface area is 128 Å². The van der Waals surface area contributed by atoms with Crippen molar-refractivity contribution in [2.75, 3.05) is 5.73 Å². The summed E-state index contributed by atoms with van der Waals surface area (Å²) < 4.78 is 6.97. The van der Waals surface area contributed by atoms with Gasteiger partial charge in [0.05, 0.1) is 9.26 Å². The topological polar surface area (TPSA) is 35.2 Å². The Morgan fingerprint density at radius 3 is 2.26 bits per heavy atom. The largest absolute Gasteiger partial charge is 0.454 e. The number of hydrogen-bond donors (Lipinski definition) is 1. The SMILES string of the molecule is CC(C)(C)c1ccc(Oc2ccccc2N)c(I)c1. The van der Waals surface area contributed by atoms with Gasteiger partial charge in [-0.2, -0.15) is 0 Å². The van der Waals surface area contributed by atoms with Crippen LogP contribution >= 0.6 is 22.6 Å². The van der Waals surface area contributed by atoms with Crippen LogP contribution in [0.1, 0.15) is 26.3 Å². The molecule has 0 saturated heterocycles. The molecule has 0 amide bonds. The Kier molecular flexibility index (Phi) is 4.04. The standard InChI is InChI=1S/C16H18INO/c1-16(2,3)11-8-9-14(12(17)10-11)19-15-7-5-4-6-13(15)18/h4-10H,18H2,1-3H3. The van der Waals surface area contributed by atoms with Gasteiger partial charge < -0.3 is 10.5 Å². The van der Waals surface area contributed by atoms with Crippen LogP contribution in [0, 0.1) is 3.57 Å². The maximum atomic E-state index is 5.89. The maximum absolute atomic E-state index is 5.89. The van der Waals surface area contributed by atoms with E-state index in [-0.39, 0.29) is 5.41 Å². The minimum absolute atomic E-state index is 0.143. The molecular formula is C16H18INO. The van der Waals surface area contributed by atoms with Gasteiger partial charge in [0.15, 0.2) is 0 Å². The molecule has 19 heavy (non-hydrogen) atoms. The molecule has 0 aliphatic heterocycles. The lowest BCUT2D eigenvalue weighted by Gasteiger charge is -2.20. The molecule has 2 nitrogen and oxygen atoms in total. The Bertz CT molecular complexity index is 588. The second-order valence-corrected chi connectivity index (χ2v) is 6.70. The molecule has 0 radical (unpaired) electrons. The lowest BCUT2D eigenvalue weighted by Crippen LogP contribution is -2.11. The third kappa shape index (κ3) is 3.41. The fraction of sp³-hybridized carbons (Fsp3) is 0.250. The van der Waals surface area contributed by atoms with Crippen molar-refractivity contribution in [2.45, 2.75) is 26.2 Å². The number of nitrogens with two attached hydrogens (primary N) is 1. The zero-order chi connectivity index (χ0) is 14.0. The van der Waals surface area contributed by atoms with Gasteiger partial charge in [-0.3, -0.25) is 0 Å². The van der Waals surface area contributed by atoms with E-state index in [4.69, 9.17) is 10.5 Å². The molecule has 0 heterocycles. The van der Waals surface area contributed by atoms with E-state index in [1.54, 1.807) is 0 Å². The monoisotopic (exact) mass is 367 g/mol. The predicted octanol–water partition coefficient (Wildman–Crippen LogP) is 4.96. The second-order valence-electron chi connectivity index (χ2n) is 5.54. The van der Waals surface area contributed by atoms with E-state index in [1.807, 2.05) is 30.3 Å². The van der Waals surface area contributed by atoms with E-state index >= 15 is 0 Å². The normalized spacial score (nSPS) is 11.4.